The van der Waals surface area contributed by atoms with Crippen molar-refractivity contribution in [2.45, 2.75) is 83.6 Å². The van der Waals surface area contributed by atoms with Crippen LogP contribution in [0.2, 0.25) is 18.1 Å². The topological polar surface area (TPSA) is 57.3 Å². The van der Waals surface area contributed by atoms with E-state index in [0.717, 1.165) is 17.7 Å². The van der Waals surface area contributed by atoms with Gasteiger partial charge in [0.15, 0.2) is 8.32 Å². The van der Waals surface area contributed by atoms with Gasteiger partial charge in [0.25, 0.3) is 0 Å². The summed E-state index contributed by atoms with van der Waals surface area (Å²) in [6.45, 7) is 16.0. The highest BCUT2D eigenvalue weighted by Gasteiger charge is 2.66. The first-order valence-electron chi connectivity index (χ1n) is 11.0. The van der Waals surface area contributed by atoms with Crippen molar-refractivity contribution in [2.24, 2.45) is 11.8 Å². The molecule has 1 saturated carbocycles. The van der Waals surface area contributed by atoms with Gasteiger partial charge in [-0.05, 0) is 56.1 Å². The summed E-state index contributed by atoms with van der Waals surface area (Å²) in [5, 5.41) is 0.120. The van der Waals surface area contributed by atoms with Crippen molar-refractivity contribution in [1.82, 2.24) is 0 Å². The van der Waals surface area contributed by atoms with Gasteiger partial charge in [0.05, 0.1) is 25.9 Å². The number of methoxy groups -OCH3 is 1. The summed E-state index contributed by atoms with van der Waals surface area (Å²) in [4.78, 5) is 12.5. The third kappa shape index (κ3) is 4.67. The van der Waals surface area contributed by atoms with Crippen molar-refractivity contribution in [2.75, 3.05) is 13.7 Å². The van der Waals surface area contributed by atoms with Crippen molar-refractivity contribution in [3.05, 3.63) is 29.8 Å². The summed E-state index contributed by atoms with van der Waals surface area (Å²) in [7, 11) is -0.274. The van der Waals surface area contributed by atoms with E-state index < -0.39 is 8.32 Å². The minimum Gasteiger partial charge on any atom is -0.497 e. The molecule has 1 aliphatic heterocycles. The third-order valence-electron chi connectivity index (χ3n) is 7.47. The van der Waals surface area contributed by atoms with E-state index in [2.05, 4.69) is 40.8 Å². The zero-order valence-corrected chi connectivity index (χ0v) is 20.8. The molecular weight excluding hydrogens is 396 g/mol. The van der Waals surface area contributed by atoms with Gasteiger partial charge in [-0.25, -0.2) is 0 Å². The lowest BCUT2D eigenvalue weighted by Crippen LogP contribution is -2.52. The Labute approximate surface area is 182 Å². The van der Waals surface area contributed by atoms with Crippen molar-refractivity contribution in [3.8, 4) is 5.75 Å². The van der Waals surface area contributed by atoms with Gasteiger partial charge in [-0.15, -0.1) is 0 Å². The fourth-order valence-electron chi connectivity index (χ4n) is 4.24. The van der Waals surface area contributed by atoms with Gasteiger partial charge >= 0.3 is 0 Å². The molecule has 1 heterocycles. The highest BCUT2D eigenvalue weighted by Crippen LogP contribution is 2.54. The maximum absolute atomic E-state index is 12.5. The zero-order chi connectivity index (χ0) is 22.3. The van der Waals surface area contributed by atoms with Gasteiger partial charge in [0, 0.05) is 18.4 Å². The Hall–Kier alpha value is -1.21. The highest BCUT2D eigenvalue weighted by atomic mass is 28.4. The SMILES string of the molecule is COc1ccc(CO[C@H]2[C@@H](CO[Si](C)(C)C(C)(C)C)[C@H](C(C)=O)C[C@H]3O[C@]32C)cc1. The number of fused-ring (bicyclic) bond motifs is 1. The first-order chi connectivity index (χ1) is 13.9. The molecule has 0 bridgehead atoms. The Morgan fingerprint density at radius 1 is 1.23 bits per heavy atom. The average Bonchev–Trinajstić information content (AvgIpc) is 3.34. The number of hydrogen-bond acceptors (Lipinski definition) is 5. The maximum Gasteiger partial charge on any atom is 0.191 e. The van der Waals surface area contributed by atoms with Crippen LogP contribution in [0.1, 0.15) is 46.6 Å². The molecule has 2 aliphatic rings. The summed E-state index contributed by atoms with van der Waals surface area (Å²) < 4.78 is 24.3. The second-order valence-corrected chi connectivity index (χ2v) is 15.4. The minimum absolute atomic E-state index is 0.00127. The third-order valence-corrected chi connectivity index (χ3v) is 12.0. The van der Waals surface area contributed by atoms with E-state index in [4.69, 9.17) is 18.6 Å². The van der Waals surface area contributed by atoms with Crippen molar-refractivity contribution < 1.29 is 23.4 Å². The van der Waals surface area contributed by atoms with Gasteiger partial charge in [-0.2, -0.15) is 0 Å². The van der Waals surface area contributed by atoms with E-state index in [-0.39, 0.29) is 40.5 Å². The lowest BCUT2D eigenvalue weighted by molar-refractivity contribution is -0.131. The predicted octanol–water partition coefficient (Wildman–Crippen LogP) is 4.98. The summed E-state index contributed by atoms with van der Waals surface area (Å²) in [6, 6.07) is 7.90. The molecule has 0 spiro atoms. The second-order valence-electron chi connectivity index (χ2n) is 10.6. The molecule has 1 aromatic rings. The number of carbonyl (C=O) groups is 1. The van der Waals surface area contributed by atoms with Crippen LogP contribution in [0, 0.1) is 11.8 Å². The van der Waals surface area contributed by atoms with Gasteiger partial charge < -0.3 is 18.6 Å². The van der Waals surface area contributed by atoms with E-state index in [0.29, 0.717) is 13.2 Å². The standard InChI is InChI=1S/C24H38O5Si/c1-16(25)19-13-21-24(5,29-21)22(20(19)15-28-30(7,8)23(2,3)4)27-14-17-9-11-18(26-6)12-10-17/h9-12,19-22H,13-15H2,1-8H3/t19-,20-,21+,22-,24+/m0/s1. The molecule has 1 aromatic carbocycles. The molecule has 0 amide bonds. The quantitative estimate of drug-likeness (QED) is 0.426. The van der Waals surface area contributed by atoms with Crippen molar-refractivity contribution in [1.29, 1.82) is 0 Å². The molecule has 5 atom stereocenters. The van der Waals surface area contributed by atoms with E-state index in [1.54, 1.807) is 14.0 Å². The van der Waals surface area contributed by atoms with Crippen LogP contribution in [-0.2, 0) is 25.3 Å². The van der Waals surface area contributed by atoms with E-state index in [1.807, 2.05) is 24.3 Å². The molecule has 1 aliphatic carbocycles. The van der Waals surface area contributed by atoms with E-state index in [1.165, 1.54) is 0 Å². The van der Waals surface area contributed by atoms with Gasteiger partial charge in [-0.1, -0.05) is 32.9 Å². The molecule has 0 radical (unpaired) electrons. The molecule has 2 fully saturated rings. The molecular formula is C24H38O5Si. The summed E-state index contributed by atoms with van der Waals surface area (Å²) in [6.07, 6.45) is 0.688. The fraction of sp³-hybridized carbons (Fsp3) is 0.708. The molecule has 5 nitrogen and oxygen atoms in total. The van der Waals surface area contributed by atoms with Gasteiger partial charge in [0.2, 0.25) is 0 Å². The van der Waals surface area contributed by atoms with Crippen molar-refractivity contribution in [3.63, 3.8) is 0 Å². The molecule has 30 heavy (non-hydrogen) atoms. The number of ether oxygens (including phenoxy) is 3. The van der Waals surface area contributed by atoms with E-state index in [9.17, 15) is 4.79 Å². The minimum atomic E-state index is -1.93. The molecule has 0 aromatic heterocycles. The van der Waals surface area contributed by atoms with Crippen LogP contribution >= 0.6 is 0 Å². The number of hydrogen-bond donors (Lipinski definition) is 0. The van der Waals surface area contributed by atoms with Crippen LogP contribution in [0.25, 0.3) is 0 Å². The maximum atomic E-state index is 12.5. The average molecular weight is 435 g/mol. The summed E-state index contributed by atoms with van der Waals surface area (Å²) in [5.41, 5.74) is 0.741. The lowest BCUT2D eigenvalue weighted by Gasteiger charge is -2.42. The van der Waals surface area contributed by atoms with Crippen LogP contribution in [0.4, 0.5) is 0 Å². The number of ketones is 1. The number of epoxide rings is 1. The van der Waals surface area contributed by atoms with E-state index >= 15 is 0 Å². The predicted molar refractivity (Wildman–Crippen MR) is 120 cm³/mol. The number of carbonyl (C=O) groups excluding carboxylic acids is 1. The highest BCUT2D eigenvalue weighted by molar-refractivity contribution is 6.74. The largest absolute Gasteiger partial charge is 0.497 e. The Kier molecular flexibility index (Phi) is 6.55. The monoisotopic (exact) mass is 434 g/mol. The smallest absolute Gasteiger partial charge is 0.191 e. The normalized spacial score (nSPS) is 31.2. The number of benzene rings is 1. The molecule has 0 unspecified atom stereocenters. The fourth-order valence-corrected chi connectivity index (χ4v) is 5.28. The first kappa shape index (κ1) is 23.5. The Morgan fingerprint density at radius 3 is 2.40 bits per heavy atom. The van der Waals surface area contributed by atoms with Crippen LogP contribution in [-0.4, -0.2) is 45.6 Å². The first-order valence-corrected chi connectivity index (χ1v) is 13.9. The Balaban J connectivity index is 1.77. The molecule has 3 rings (SSSR count). The Morgan fingerprint density at radius 2 is 1.87 bits per heavy atom. The van der Waals surface area contributed by atoms with Crippen LogP contribution in [0.15, 0.2) is 24.3 Å². The van der Waals surface area contributed by atoms with Gasteiger partial charge in [-0.3, -0.25) is 4.79 Å². The summed E-state index contributed by atoms with van der Waals surface area (Å²) >= 11 is 0. The summed E-state index contributed by atoms with van der Waals surface area (Å²) in [5.74, 6) is 0.940. The zero-order valence-electron chi connectivity index (χ0n) is 19.8. The van der Waals surface area contributed by atoms with Crippen LogP contribution in [0.5, 0.6) is 5.75 Å². The van der Waals surface area contributed by atoms with Crippen LogP contribution < -0.4 is 4.74 Å². The molecule has 1 saturated heterocycles. The molecule has 168 valence electrons. The molecule has 6 heteroatoms. The lowest BCUT2D eigenvalue weighted by atomic mass is 9.71. The van der Waals surface area contributed by atoms with Crippen LogP contribution in [0.3, 0.4) is 0 Å². The van der Waals surface area contributed by atoms with Crippen molar-refractivity contribution >= 4 is 14.1 Å². The number of Topliss-reactive ketones (excluding diaryl/α,β-unsaturated/α-hetero) is 1. The Bertz CT molecular complexity index is 754. The second kappa shape index (κ2) is 8.38. The number of rotatable bonds is 8. The molecule has 0 N–H and O–H groups in total. The van der Waals surface area contributed by atoms with Gasteiger partial charge in [0.1, 0.15) is 17.1 Å².